The summed E-state index contributed by atoms with van der Waals surface area (Å²) in [7, 11) is 0. The van der Waals surface area contributed by atoms with Gasteiger partial charge in [-0.1, -0.05) is 47.9 Å². The molecule has 1 N–H and O–H groups in total. The summed E-state index contributed by atoms with van der Waals surface area (Å²) in [6, 6.07) is 13.6. The Bertz CT molecular complexity index is 938. The van der Waals surface area contributed by atoms with Crippen molar-refractivity contribution in [1.29, 1.82) is 0 Å². The van der Waals surface area contributed by atoms with Gasteiger partial charge in [-0.05, 0) is 49.1 Å². The number of hydrogen-bond donors (Lipinski definition) is 1. The molecule has 140 valence electrons. The third-order valence-electron chi connectivity index (χ3n) is 4.26. The van der Waals surface area contributed by atoms with Gasteiger partial charge in [-0.25, -0.2) is 4.39 Å². The van der Waals surface area contributed by atoms with Crippen molar-refractivity contribution in [2.45, 2.75) is 32.7 Å². The lowest BCUT2D eigenvalue weighted by atomic mass is 10.0. The van der Waals surface area contributed by atoms with Crippen LogP contribution in [-0.4, -0.2) is 17.1 Å². The van der Waals surface area contributed by atoms with Crippen molar-refractivity contribution in [3.63, 3.8) is 0 Å². The highest BCUT2D eigenvalue weighted by Crippen LogP contribution is 2.26. The summed E-state index contributed by atoms with van der Waals surface area (Å²) in [5.74, 6) is -0.385. The standard InChI is InChI=1S/C21H20ClFN2O2/c1-3-17-12-20(27-25-17)21(26)24-13(2)10-14-4-6-15(7-5-14)18-11-16(22)8-9-19(18)23/h4-9,11-13H,3,10H2,1-2H3,(H,24,26). The minimum Gasteiger partial charge on any atom is -0.351 e. The van der Waals surface area contributed by atoms with E-state index in [0.717, 1.165) is 16.8 Å². The zero-order chi connectivity index (χ0) is 19.4. The predicted octanol–water partition coefficient (Wildman–Crippen LogP) is 5.06. The number of carbonyl (C=O) groups excluding carboxylic acids is 1. The Morgan fingerprint density at radius 3 is 2.63 bits per heavy atom. The highest BCUT2D eigenvalue weighted by atomic mass is 35.5. The number of hydrogen-bond acceptors (Lipinski definition) is 3. The first-order chi connectivity index (χ1) is 13.0. The lowest BCUT2D eigenvalue weighted by molar-refractivity contribution is 0.0902. The number of nitrogens with one attached hydrogen (secondary N) is 1. The molecule has 0 spiro atoms. The second-order valence-corrected chi connectivity index (χ2v) is 6.87. The molecule has 0 aliphatic rings. The number of amides is 1. The summed E-state index contributed by atoms with van der Waals surface area (Å²) >= 11 is 5.96. The third-order valence-corrected chi connectivity index (χ3v) is 4.49. The highest BCUT2D eigenvalue weighted by molar-refractivity contribution is 6.30. The molecule has 1 unspecified atom stereocenters. The predicted molar refractivity (Wildman–Crippen MR) is 103 cm³/mol. The van der Waals surface area contributed by atoms with E-state index in [4.69, 9.17) is 16.1 Å². The van der Waals surface area contributed by atoms with E-state index in [1.165, 1.54) is 12.1 Å². The number of halogens is 2. The van der Waals surface area contributed by atoms with Gasteiger partial charge in [0, 0.05) is 22.7 Å². The highest BCUT2D eigenvalue weighted by Gasteiger charge is 2.15. The summed E-state index contributed by atoms with van der Waals surface area (Å²) in [5.41, 5.74) is 2.99. The van der Waals surface area contributed by atoms with Gasteiger partial charge in [0.1, 0.15) is 5.82 Å². The van der Waals surface area contributed by atoms with Crippen LogP contribution >= 0.6 is 11.6 Å². The SMILES string of the molecule is CCc1cc(C(=O)NC(C)Cc2ccc(-c3cc(Cl)ccc3F)cc2)on1. The smallest absolute Gasteiger partial charge is 0.290 e. The maximum atomic E-state index is 14.0. The molecule has 3 aromatic rings. The molecule has 1 amide bonds. The summed E-state index contributed by atoms with van der Waals surface area (Å²) in [6.07, 6.45) is 1.35. The Morgan fingerprint density at radius 2 is 1.96 bits per heavy atom. The van der Waals surface area contributed by atoms with Crippen LogP contribution in [0.1, 0.15) is 35.7 Å². The number of aryl methyl sites for hydroxylation is 1. The van der Waals surface area contributed by atoms with Gasteiger partial charge in [0.25, 0.3) is 5.91 Å². The third kappa shape index (κ3) is 4.74. The quantitative estimate of drug-likeness (QED) is 0.644. The average Bonchev–Trinajstić information content (AvgIpc) is 3.14. The van der Waals surface area contributed by atoms with Crippen LogP contribution in [0.5, 0.6) is 0 Å². The van der Waals surface area contributed by atoms with Crippen molar-refractivity contribution < 1.29 is 13.7 Å². The first-order valence-electron chi connectivity index (χ1n) is 8.77. The molecule has 4 nitrogen and oxygen atoms in total. The van der Waals surface area contributed by atoms with Crippen molar-refractivity contribution >= 4 is 17.5 Å². The van der Waals surface area contributed by atoms with E-state index in [-0.39, 0.29) is 23.5 Å². The average molecular weight is 387 g/mol. The van der Waals surface area contributed by atoms with Crippen LogP contribution in [0.3, 0.4) is 0 Å². The van der Waals surface area contributed by atoms with Crippen molar-refractivity contribution in [3.8, 4) is 11.1 Å². The van der Waals surface area contributed by atoms with Gasteiger partial charge in [-0.3, -0.25) is 4.79 Å². The summed E-state index contributed by atoms with van der Waals surface area (Å²) in [5, 5.41) is 7.21. The maximum absolute atomic E-state index is 14.0. The Kier molecular flexibility index (Phi) is 5.91. The first-order valence-corrected chi connectivity index (χ1v) is 9.15. The minimum absolute atomic E-state index is 0.0959. The van der Waals surface area contributed by atoms with Gasteiger partial charge in [0.2, 0.25) is 5.76 Å². The molecule has 0 fully saturated rings. The molecule has 27 heavy (non-hydrogen) atoms. The van der Waals surface area contributed by atoms with Gasteiger partial charge >= 0.3 is 0 Å². The van der Waals surface area contributed by atoms with Crippen LogP contribution < -0.4 is 5.32 Å². The van der Waals surface area contributed by atoms with Crippen LogP contribution in [-0.2, 0) is 12.8 Å². The van der Waals surface area contributed by atoms with Crippen molar-refractivity contribution in [2.24, 2.45) is 0 Å². The van der Waals surface area contributed by atoms with E-state index in [1.54, 1.807) is 12.1 Å². The molecule has 0 aliphatic heterocycles. The number of benzene rings is 2. The number of nitrogens with zero attached hydrogens (tertiary/aromatic N) is 1. The van der Waals surface area contributed by atoms with Gasteiger partial charge < -0.3 is 9.84 Å². The molecule has 1 atom stereocenters. The molecule has 0 radical (unpaired) electrons. The molecule has 3 rings (SSSR count). The van der Waals surface area contributed by atoms with Crippen LogP contribution in [0.25, 0.3) is 11.1 Å². The van der Waals surface area contributed by atoms with Crippen LogP contribution in [0, 0.1) is 5.82 Å². The zero-order valence-corrected chi connectivity index (χ0v) is 15.9. The Morgan fingerprint density at radius 1 is 1.22 bits per heavy atom. The summed E-state index contributed by atoms with van der Waals surface area (Å²) in [4.78, 5) is 12.2. The monoisotopic (exact) mass is 386 g/mol. The molecule has 1 aromatic heterocycles. The molecular formula is C21H20ClFN2O2. The Balaban J connectivity index is 1.63. The van der Waals surface area contributed by atoms with E-state index in [1.807, 2.05) is 38.1 Å². The van der Waals surface area contributed by atoms with E-state index in [9.17, 15) is 9.18 Å². The number of carbonyl (C=O) groups is 1. The van der Waals surface area contributed by atoms with E-state index >= 15 is 0 Å². The fraction of sp³-hybridized carbons (Fsp3) is 0.238. The van der Waals surface area contributed by atoms with E-state index in [0.29, 0.717) is 23.4 Å². The fourth-order valence-corrected chi connectivity index (χ4v) is 3.00. The molecular weight excluding hydrogens is 367 g/mol. The Hall–Kier alpha value is -2.66. The van der Waals surface area contributed by atoms with E-state index in [2.05, 4.69) is 10.5 Å². The van der Waals surface area contributed by atoms with Crippen molar-refractivity contribution in [3.05, 3.63) is 76.4 Å². The van der Waals surface area contributed by atoms with E-state index < -0.39 is 0 Å². The lowest BCUT2D eigenvalue weighted by Gasteiger charge is -2.13. The molecule has 0 saturated carbocycles. The minimum atomic E-state index is -0.314. The second-order valence-electron chi connectivity index (χ2n) is 6.44. The molecule has 0 aliphatic carbocycles. The maximum Gasteiger partial charge on any atom is 0.290 e. The lowest BCUT2D eigenvalue weighted by Crippen LogP contribution is -2.33. The second kappa shape index (κ2) is 8.35. The van der Waals surface area contributed by atoms with Gasteiger partial charge in [-0.15, -0.1) is 0 Å². The molecule has 6 heteroatoms. The molecule has 2 aromatic carbocycles. The van der Waals surface area contributed by atoms with Crippen LogP contribution in [0.2, 0.25) is 5.02 Å². The van der Waals surface area contributed by atoms with Gasteiger partial charge in [-0.2, -0.15) is 0 Å². The molecule has 1 heterocycles. The Labute approximate surface area is 162 Å². The molecule has 0 bridgehead atoms. The van der Waals surface area contributed by atoms with Gasteiger partial charge in [0.05, 0.1) is 5.69 Å². The number of rotatable bonds is 6. The summed E-state index contributed by atoms with van der Waals surface area (Å²) < 4.78 is 19.0. The molecule has 0 saturated heterocycles. The van der Waals surface area contributed by atoms with Gasteiger partial charge in [0.15, 0.2) is 0 Å². The normalized spacial score (nSPS) is 12.0. The zero-order valence-electron chi connectivity index (χ0n) is 15.1. The largest absolute Gasteiger partial charge is 0.351 e. The number of aromatic nitrogens is 1. The van der Waals surface area contributed by atoms with Crippen LogP contribution in [0.15, 0.2) is 53.1 Å². The summed E-state index contributed by atoms with van der Waals surface area (Å²) in [6.45, 7) is 3.86. The first kappa shape index (κ1) is 19.1. The topological polar surface area (TPSA) is 55.1 Å². The van der Waals surface area contributed by atoms with Crippen LogP contribution in [0.4, 0.5) is 4.39 Å². The van der Waals surface area contributed by atoms with Crippen molar-refractivity contribution in [1.82, 2.24) is 10.5 Å². The van der Waals surface area contributed by atoms with Crippen molar-refractivity contribution in [2.75, 3.05) is 0 Å². The fourth-order valence-electron chi connectivity index (χ4n) is 2.82.